The molecule has 1 heterocycles. The lowest BCUT2D eigenvalue weighted by Gasteiger charge is -2.12. The Morgan fingerprint density at radius 3 is 2.48 bits per heavy atom. The van der Waals surface area contributed by atoms with Crippen molar-refractivity contribution in [1.82, 2.24) is 9.97 Å². The Morgan fingerprint density at radius 2 is 1.79 bits per heavy atom. The largest absolute Gasteiger partial charge is 0.495 e. The topological polar surface area (TPSA) is 85.4 Å². The number of benzene rings is 2. The number of anilines is 3. The van der Waals surface area contributed by atoms with E-state index in [1.54, 1.807) is 13.2 Å². The second-order valence-electron chi connectivity index (χ2n) is 6.46. The Labute approximate surface area is 170 Å². The number of amides is 1. The molecule has 0 atom stereocenters. The molecule has 0 radical (unpaired) electrons. The van der Waals surface area contributed by atoms with E-state index >= 15 is 0 Å². The summed E-state index contributed by atoms with van der Waals surface area (Å²) in [6.07, 6.45) is 0. The van der Waals surface area contributed by atoms with Crippen molar-refractivity contribution >= 4 is 23.2 Å². The number of ether oxygens (including phenoxy) is 2. The Bertz CT molecular complexity index is 1000. The zero-order valence-electron chi connectivity index (χ0n) is 16.9. The number of carbonyl (C=O) groups excluding carboxylic acids is 1. The van der Waals surface area contributed by atoms with E-state index in [2.05, 4.69) is 20.6 Å². The highest BCUT2D eigenvalue weighted by atomic mass is 16.5. The van der Waals surface area contributed by atoms with Crippen LogP contribution in [0.4, 0.5) is 17.3 Å². The van der Waals surface area contributed by atoms with E-state index in [0.717, 1.165) is 17.0 Å². The van der Waals surface area contributed by atoms with Gasteiger partial charge in [-0.05, 0) is 68.8 Å². The van der Waals surface area contributed by atoms with E-state index in [9.17, 15) is 4.79 Å². The molecule has 3 aromatic rings. The summed E-state index contributed by atoms with van der Waals surface area (Å²) in [4.78, 5) is 21.5. The van der Waals surface area contributed by atoms with E-state index in [4.69, 9.17) is 9.47 Å². The van der Waals surface area contributed by atoms with Crippen LogP contribution in [0.15, 0.2) is 48.5 Å². The van der Waals surface area contributed by atoms with Crippen molar-refractivity contribution in [3.8, 4) is 11.5 Å². The zero-order valence-corrected chi connectivity index (χ0v) is 16.9. The van der Waals surface area contributed by atoms with E-state index in [0.29, 0.717) is 29.7 Å². The van der Waals surface area contributed by atoms with Crippen molar-refractivity contribution in [2.45, 2.75) is 20.8 Å². The summed E-state index contributed by atoms with van der Waals surface area (Å²) < 4.78 is 10.8. The molecule has 2 N–H and O–H groups in total. The van der Waals surface area contributed by atoms with Gasteiger partial charge in [0.25, 0.3) is 5.91 Å². The summed E-state index contributed by atoms with van der Waals surface area (Å²) in [5.74, 6) is 1.38. The van der Waals surface area contributed by atoms with Crippen LogP contribution in [-0.2, 0) is 0 Å². The first-order chi connectivity index (χ1) is 14.0. The number of aromatic nitrogens is 2. The highest BCUT2D eigenvalue weighted by molar-refractivity contribution is 6.04. The Hall–Kier alpha value is -3.61. The maximum absolute atomic E-state index is 12.8. The summed E-state index contributed by atoms with van der Waals surface area (Å²) in [6, 6.07) is 14.7. The Morgan fingerprint density at radius 1 is 1.03 bits per heavy atom. The molecule has 1 amide bonds. The minimum Gasteiger partial charge on any atom is -0.495 e. The van der Waals surface area contributed by atoms with Crippen molar-refractivity contribution < 1.29 is 14.3 Å². The lowest BCUT2D eigenvalue weighted by molar-refractivity contribution is 0.102. The molecule has 0 fully saturated rings. The lowest BCUT2D eigenvalue weighted by atomic mass is 10.2. The third kappa shape index (κ3) is 5.22. The number of carbonyl (C=O) groups is 1. The summed E-state index contributed by atoms with van der Waals surface area (Å²) >= 11 is 0. The lowest BCUT2D eigenvalue weighted by Crippen LogP contribution is -2.16. The quantitative estimate of drug-likeness (QED) is 0.616. The van der Waals surface area contributed by atoms with E-state index in [-0.39, 0.29) is 11.6 Å². The second kappa shape index (κ2) is 9.05. The Kier molecular flexibility index (Phi) is 6.29. The van der Waals surface area contributed by atoms with Gasteiger partial charge in [0.1, 0.15) is 17.2 Å². The number of rotatable bonds is 7. The molecule has 150 valence electrons. The van der Waals surface area contributed by atoms with Crippen molar-refractivity contribution in [3.63, 3.8) is 0 Å². The molecule has 0 saturated heterocycles. The Balaban J connectivity index is 1.79. The first-order valence-electron chi connectivity index (χ1n) is 9.30. The molecule has 2 aromatic carbocycles. The van der Waals surface area contributed by atoms with Crippen LogP contribution in [0.2, 0.25) is 0 Å². The predicted molar refractivity (Wildman–Crippen MR) is 113 cm³/mol. The first kappa shape index (κ1) is 20.1. The number of nitrogens with one attached hydrogen (secondary N) is 2. The molecule has 7 nitrogen and oxygen atoms in total. The minimum atomic E-state index is -0.339. The molecule has 1 aromatic heterocycles. The molecule has 0 aliphatic carbocycles. The average molecular weight is 392 g/mol. The van der Waals surface area contributed by atoms with Crippen molar-refractivity contribution in [1.29, 1.82) is 0 Å². The standard InChI is InChI=1S/C22H24N4O3/c1-5-29-17-9-7-16(8-10-17)24-22-23-15(3)13-19(26-22)21(27)25-18-12-14(2)6-11-20(18)28-4/h6-13H,5H2,1-4H3,(H,25,27)(H,23,24,26). The maximum Gasteiger partial charge on any atom is 0.274 e. The average Bonchev–Trinajstić information content (AvgIpc) is 2.69. The van der Waals surface area contributed by atoms with Crippen molar-refractivity contribution in [3.05, 3.63) is 65.5 Å². The molecule has 7 heteroatoms. The summed E-state index contributed by atoms with van der Waals surface area (Å²) in [5.41, 5.74) is 3.34. The normalized spacial score (nSPS) is 10.3. The van der Waals surface area contributed by atoms with E-state index in [1.165, 1.54) is 0 Å². The van der Waals surface area contributed by atoms with Crippen LogP contribution >= 0.6 is 0 Å². The fourth-order valence-electron chi connectivity index (χ4n) is 2.78. The smallest absolute Gasteiger partial charge is 0.274 e. The van der Waals surface area contributed by atoms with Crippen molar-refractivity contribution in [2.75, 3.05) is 24.4 Å². The van der Waals surface area contributed by atoms with Gasteiger partial charge in [-0.1, -0.05) is 6.07 Å². The molecule has 0 unspecified atom stereocenters. The van der Waals surface area contributed by atoms with Gasteiger partial charge >= 0.3 is 0 Å². The number of aryl methyl sites for hydroxylation is 2. The van der Waals surface area contributed by atoms with Gasteiger partial charge in [-0.2, -0.15) is 0 Å². The van der Waals surface area contributed by atoms with Gasteiger partial charge in [-0.3, -0.25) is 4.79 Å². The van der Waals surface area contributed by atoms with Crippen LogP contribution in [0.25, 0.3) is 0 Å². The SMILES string of the molecule is CCOc1ccc(Nc2nc(C)cc(C(=O)Nc3cc(C)ccc3OC)n2)cc1. The fourth-order valence-corrected chi connectivity index (χ4v) is 2.78. The number of nitrogens with zero attached hydrogens (tertiary/aromatic N) is 2. The zero-order chi connectivity index (χ0) is 20.8. The maximum atomic E-state index is 12.8. The molecule has 0 bridgehead atoms. The monoisotopic (exact) mass is 392 g/mol. The predicted octanol–water partition coefficient (Wildman–Crippen LogP) is 4.50. The summed E-state index contributed by atoms with van der Waals surface area (Å²) in [6.45, 7) is 6.31. The third-order valence-corrected chi connectivity index (χ3v) is 4.11. The summed E-state index contributed by atoms with van der Waals surface area (Å²) in [7, 11) is 1.56. The molecule has 3 rings (SSSR count). The van der Waals surface area contributed by atoms with Crippen LogP contribution in [-0.4, -0.2) is 29.6 Å². The first-order valence-corrected chi connectivity index (χ1v) is 9.30. The molecule has 0 saturated carbocycles. The van der Waals surface area contributed by atoms with Gasteiger partial charge < -0.3 is 20.1 Å². The van der Waals surface area contributed by atoms with Gasteiger partial charge in [0, 0.05) is 11.4 Å². The van der Waals surface area contributed by atoms with Crippen LogP contribution in [0.5, 0.6) is 11.5 Å². The van der Waals surface area contributed by atoms with Gasteiger partial charge in [-0.15, -0.1) is 0 Å². The van der Waals surface area contributed by atoms with Crippen LogP contribution in [0.1, 0.15) is 28.7 Å². The van der Waals surface area contributed by atoms with Gasteiger partial charge in [-0.25, -0.2) is 9.97 Å². The molecular formula is C22H24N4O3. The third-order valence-electron chi connectivity index (χ3n) is 4.11. The van der Waals surface area contributed by atoms with E-state index in [1.807, 2.05) is 63.2 Å². The van der Waals surface area contributed by atoms with E-state index < -0.39 is 0 Å². The van der Waals surface area contributed by atoms with Gasteiger partial charge in [0.2, 0.25) is 5.95 Å². The van der Waals surface area contributed by atoms with Gasteiger partial charge in [0.15, 0.2) is 0 Å². The number of methoxy groups -OCH3 is 1. The highest BCUT2D eigenvalue weighted by Crippen LogP contribution is 2.26. The number of hydrogen-bond donors (Lipinski definition) is 2. The second-order valence-corrected chi connectivity index (χ2v) is 6.46. The molecule has 29 heavy (non-hydrogen) atoms. The summed E-state index contributed by atoms with van der Waals surface area (Å²) in [5, 5.41) is 5.98. The molecular weight excluding hydrogens is 368 g/mol. The molecule has 0 aliphatic rings. The number of hydrogen-bond acceptors (Lipinski definition) is 6. The van der Waals surface area contributed by atoms with Crippen LogP contribution in [0, 0.1) is 13.8 Å². The molecule has 0 spiro atoms. The minimum absolute atomic E-state index is 0.259. The van der Waals surface area contributed by atoms with Crippen LogP contribution in [0.3, 0.4) is 0 Å². The fraction of sp³-hybridized carbons (Fsp3) is 0.227. The van der Waals surface area contributed by atoms with Gasteiger partial charge in [0.05, 0.1) is 19.4 Å². The van der Waals surface area contributed by atoms with Crippen molar-refractivity contribution in [2.24, 2.45) is 0 Å². The highest BCUT2D eigenvalue weighted by Gasteiger charge is 2.14. The molecule has 0 aliphatic heterocycles. The van der Waals surface area contributed by atoms with Crippen LogP contribution < -0.4 is 20.1 Å².